The van der Waals surface area contributed by atoms with Crippen molar-refractivity contribution >= 4 is 16.8 Å². The van der Waals surface area contributed by atoms with Gasteiger partial charge < -0.3 is 4.90 Å². The maximum atomic E-state index is 12.9. The van der Waals surface area contributed by atoms with Crippen molar-refractivity contribution in [3.05, 3.63) is 40.7 Å². The summed E-state index contributed by atoms with van der Waals surface area (Å²) in [6, 6.07) is 7.37. The van der Waals surface area contributed by atoms with E-state index in [0.717, 1.165) is 31.4 Å². The zero-order valence-corrected chi connectivity index (χ0v) is 15.3. The van der Waals surface area contributed by atoms with E-state index in [-0.39, 0.29) is 17.9 Å². The Hall–Kier alpha value is -2.17. The number of amides is 1. The average Bonchev–Trinajstić information content (AvgIpc) is 2.87. The van der Waals surface area contributed by atoms with Gasteiger partial charge in [0.1, 0.15) is 6.54 Å². The molecule has 2 fully saturated rings. The molecule has 26 heavy (non-hydrogen) atoms. The lowest BCUT2D eigenvalue weighted by Crippen LogP contribution is -2.36. The fourth-order valence-electron chi connectivity index (χ4n) is 4.82. The van der Waals surface area contributed by atoms with E-state index in [1.165, 1.54) is 44.7 Å². The van der Waals surface area contributed by atoms with Crippen LogP contribution in [0.1, 0.15) is 51.4 Å². The number of fused-ring (bicyclic) bond motifs is 1. The first-order valence-electron chi connectivity index (χ1n) is 9.90. The predicted octanol–water partition coefficient (Wildman–Crippen LogP) is 3.36. The quantitative estimate of drug-likeness (QED) is 0.832. The van der Waals surface area contributed by atoms with Crippen molar-refractivity contribution in [2.75, 3.05) is 13.1 Å². The molecule has 1 saturated heterocycles. The first-order valence-corrected chi connectivity index (χ1v) is 9.90. The summed E-state index contributed by atoms with van der Waals surface area (Å²) in [6.07, 6.45) is 11.5. The third-order valence-electron chi connectivity index (χ3n) is 6.36. The molecule has 1 aliphatic heterocycles. The van der Waals surface area contributed by atoms with Gasteiger partial charge in [0.2, 0.25) is 11.3 Å². The third kappa shape index (κ3) is 3.39. The Labute approximate surface area is 154 Å². The minimum Gasteiger partial charge on any atom is -0.341 e. The summed E-state index contributed by atoms with van der Waals surface area (Å²) in [5, 5.41) is 4.82. The normalized spacial score (nSPS) is 20.2. The van der Waals surface area contributed by atoms with Crippen molar-refractivity contribution in [3.8, 4) is 0 Å². The maximum Gasteiger partial charge on any atom is 0.244 e. The fourth-order valence-corrected chi connectivity index (χ4v) is 4.82. The molecular weight excluding hydrogens is 326 g/mol. The number of hydrogen-bond donors (Lipinski definition) is 0. The fraction of sp³-hybridized carbons (Fsp3) is 0.571. The van der Waals surface area contributed by atoms with Crippen LogP contribution < -0.4 is 5.43 Å². The number of rotatable bonds is 2. The van der Waals surface area contributed by atoms with E-state index in [2.05, 4.69) is 5.10 Å². The van der Waals surface area contributed by atoms with Crippen LogP contribution in [0.4, 0.5) is 0 Å². The Kier molecular flexibility index (Phi) is 4.79. The molecule has 138 valence electrons. The van der Waals surface area contributed by atoms with Gasteiger partial charge in [0.05, 0.1) is 11.7 Å². The van der Waals surface area contributed by atoms with E-state index >= 15 is 0 Å². The van der Waals surface area contributed by atoms with Gasteiger partial charge in [-0.1, -0.05) is 31.4 Å². The molecule has 1 aromatic carbocycles. The summed E-state index contributed by atoms with van der Waals surface area (Å²) >= 11 is 0. The first-order chi connectivity index (χ1) is 12.7. The zero-order valence-electron chi connectivity index (χ0n) is 15.3. The van der Waals surface area contributed by atoms with Crippen LogP contribution in [-0.4, -0.2) is 33.7 Å². The number of nitrogens with zero attached hydrogens (tertiary/aromatic N) is 3. The van der Waals surface area contributed by atoms with Crippen LogP contribution >= 0.6 is 0 Å². The Morgan fingerprint density at radius 1 is 1.00 bits per heavy atom. The van der Waals surface area contributed by atoms with Gasteiger partial charge in [0.15, 0.2) is 0 Å². The zero-order chi connectivity index (χ0) is 18.0. The molecule has 0 atom stereocenters. The monoisotopic (exact) mass is 353 g/mol. The topological polar surface area (TPSA) is 55.2 Å². The van der Waals surface area contributed by atoms with E-state index in [0.29, 0.717) is 10.8 Å². The van der Waals surface area contributed by atoms with Crippen LogP contribution in [-0.2, 0) is 11.3 Å². The summed E-state index contributed by atoms with van der Waals surface area (Å²) in [4.78, 5) is 26.9. The Balaban J connectivity index is 1.49. The van der Waals surface area contributed by atoms with E-state index < -0.39 is 0 Å². The molecule has 0 N–H and O–H groups in total. The van der Waals surface area contributed by atoms with Crippen LogP contribution in [0.25, 0.3) is 10.9 Å². The highest BCUT2D eigenvalue weighted by atomic mass is 16.2. The Morgan fingerprint density at radius 2 is 1.77 bits per heavy atom. The summed E-state index contributed by atoms with van der Waals surface area (Å²) in [5.41, 5.74) is 1.11. The second-order valence-corrected chi connectivity index (χ2v) is 7.98. The van der Waals surface area contributed by atoms with Gasteiger partial charge in [-0.3, -0.25) is 14.3 Å². The molecule has 4 rings (SSSR count). The number of carbonyl (C=O) groups is 1. The molecule has 2 aromatic rings. The van der Waals surface area contributed by atoms with Gasteiger partial charge in [-0.25, -0.2) is 0 Å². The van der Waals surface area contributed by atoms with Crippen molar-refractivity contribution in [2.45, 2.75) is 57.9 Å². The number of para-hydroxylation sites is 1. The van der Waals surface area contributed by atoms with Gasteiger partial charge in [-0.15, -0.1) is 0 Å². The molecule has 1 amide bonds. The summed E-state index contributed by atoms with van der Waals surface area (Å²) in [5.74, 6) is 0.110. The van der Waals surface area contributed by atoms with Crippen LogP contribution in [0.5, 0.6) is 0 Å². The number of likely N-dealkylation sites (tertiary alicyclic amines) is 1. The molecule has 2 aliphatic rings. The highest BCUT2D eigenvalue weighted by Gasteiger charge is 2.34. The molecule has 0 radical (unpaired) electrons. The van der Waals surface area contributed by atoms with E-state index in [1.807, 2.05) is 23.1 Å². The second kappa shape index (κ2) is 7.22. The van der Waals surface area contributed by atoms with Gasteiger partial charge in [-0.05, 0) is 49.7 Å². The van der Waals surface area contributed by atoms with E-state index in [4.69, 9.17) is 0 Å². The summed E-state index contributed by atoms with van der Waals surface area (Å²) in [6.45, 7) is 1.91. The largest absolute Gasteiger partial charge is 0.341 e. The maximum absolute atomic E-state index is 12.9. The molecule has 1 aliphatic carbocycles. The summed E-state index contributed by atoms with van der Waals surface area (Å²) in [7, 11) is 0. The SMILES string of the molecule is O=C(Cn1ncc(=O)c2ccccc21)N1CCCC2(CCCCC2)CC1. The molecule has 5 nitrogen and oxygen atoms in total. The molecule has 1 spiro atoms. The highest BCUT2D eigenvalue weighted by molar-refractivity contribution is 5.81. The number of benzene rings is 1. The highest BCUT2D eigenvalue weighted by Crippen LogP contribution is 2.44. The molecule has 1 saturated carbocycles. The number of hydrogen-bond acceptors (Lipinski definition) is 3. The smallest absolute Gasteiger partial charge is 0.244 e. The van der Waals surface area contributed by atoms with Crippen molar-refractivity contribution in [1.82, 2.24) is 14.7 Å². The van der Waals surface area contributed by atoms with Gasteiger partial charge in [0, 0.05) is 18.5 Å². The van der Waals surface area contributed by atoms with Gasteiger partial charge >= 0.3 is 0 Å². The second-order valence-electron chi connectivity index (χ2n) is 7.98. The average molecular weight is 353 g/mol. The van der Waals surface area contributed by atoms with E-state index in [1.54, 1.807) is 10.7 Å². The molecular formula is C21H27N3O2. The van der Waals surface area contributed by atoms with Crippen molar-refractivity contribution < 1.29 is 4.79 Å². The van der Waals surface area contributed by atoms with Crippen LogP contribution in [0, 0.1) is 5.41 Å². The molecule has 0 unspecified atom stereocenters. The Bertz CT molecular complexity index is 852. The Morgan fingerprint density at radius 3 is 2.62 bits per heavy atom. The van der Waals surface area contributed by atoms with Crippen LogP contribution in [0.15, 0.2) is 35.3 Å². The first kappa shape index (κ1) is 17.3. The van der Waals surface area contributed by atoms with Gasteiger partial charge in [-0.2, -0.15) is 5.10 Å². The summed E-state index contributed by atoms with van der Waals surface area (Å²) < 4.78 is 1.67. The standard InChI is InChI=1S/C21H27N3O2/c25-19-15-22-24(18-8-3-2-7-17(18)19)16-20(26)23-13-6-11-21(12-14-23)9-4-1-5-10-21/h2-3,7-8,15H,1,4-6,9-14,16H2. The third-order valence-corrected chi connectivity index (χ3v) is 6.36. The molecule has 2 heterocycles. The van der Waals surface area contributed by atoms with Gasteiger partial charge in [0.25, 0.3) is 0 Å². The van der Waals surface area contributed by atoms with Crippen LogP contribution in [0.3, 0.4) is 0 Å². The minimum atomic E-state index is -0.0988. The molecule has 5 heteroatoms. The van der Waals surface area contributed by atoms with Crippen molar-refractivity contribution in [1.29, 1.82) is 0 Å². The predicted molar refractivity (Wildman–Crippen MR) is 102 cm³/mol. The minimum absolute atomic E-state index is 0.0988. The number of aromatic nitrogens is 2. The number of carbonyl (C=O) groups excluding carboxylic acids is 1. The van der Waals surface area contributed by atoms with E-state index in [9.17, 15) is 9.59 Å². The van der Waals surface area contributed by atoms with Crippen molar-refractivity contribution in [2.24, 2.45) is 5.41 Å². The van der Waals surface area contributed by atoms with Crippen LogP contribution in [0.2, 0.25) is 0 Å². The molecule has 1 aromatic heterocycles. The lowest BCUT2D eigenvalue weighted by atomic mass is 9.69. The lowest BCUT2D eigenvalue weighted by molar-refractivity contribution is -0.132. The van der Waals surface area contributed by atoms with Crippen molar-refractivity contribution in [3.63, 3.8) is 0 Å². The molecule has 0 bridgehead atoms. The lowest BCUT2D eigenvalue weighted by Gasteiger charge is -2.36.